The van der Waals surface area contributed by atoms with Gasteiger partial charge in [-0.1, -0.05) is 51.3 Å². The Bertz CT molecular complexity index is 792. The molecule has 0 saturated heterocycles. The molecule has 23 heavy (non-hydrogen) atoms. The Balaban J connectivity index is 2.04. The highest BCUT2D eigenvalue weighted by molar-refractivity contribution is 9.10. The van der Waals surface area contributed by atoms with E-state index in [9.17, 15) is 4.79 Å². The van der Waals surface area contributed by atoms with Crippen molar-refractivity contribution in [1.82, 2.24) is 0 Å². The van der Waals surface area contributed by atoms with Crippen molar-refractivity contribution >= 4 is 56.4 Å². The summed E-state index contributed by atoms with van der Waals surface area (Å²) in [6, 6.07) is 12.9. The van der Waals surface area contributed by atoms with Gasteiger partial charge in [0.05, 0.1) is 16.8 Å². The van der Waals surface area contributed by atoms with Crippen LogP contribution >= 0.6 is 39.1 Å². The Morgan fingerprint density at radius 2 is 1.91 bits per heavy atom. The number of benzene rings is 2. The smallest absolute Gasteiger partial charge is 0.265 e. The largest absolute Gasteiger partial charge is 0.364 e. The first-order chi connectivity index (χ1) is 11.0. The van der Waals surface area contributed by atoms with Gasteiger partial charge < -0.3 is 5.73 Å². The van der Waals surface area contributed by atoms with Crippen molar-refractivity contribution in [1.29, 1.82) is 0 Å². The molecular formula is C16H12BrCl2N3O. The van der Waals surface area contributed by atoms with Gasteiger partial charge in [-0.2, -0.15) is 5.10 Å². The molecule has 2 aromatic rings. The number of hydrogen-bond acceptors (Lipinski definition) is 3. The molecule has 0 bridgehead atoms. The van der Waals surface area contributed by atoms with E-state index in [2.05, 4.69) is 21.0 Å². The van der Waals surface area contributed by atoms with Gasteiger partial charge in [-0.3, -0.25) is 9.80 Å². The molecule has 1 heterocycles. The standard InChI is InChI=1S/C16H12BrCl2N3O/c17-10-3-1-9(2-4-10)15-8-13(16(20)23)21-22(15)14-6-5-11(18)7-12(14)19/h1-7,15H,8H2,(H2,20,23). The lowest BCUT2D eigenvalue weighted by Crippen LogP contribution is -2.22. The highest BCUT2D eigenvalue weighted by Crippen LogP contribution is 2.39. The summed E-state index contributed by atoms with van der Waals surface area (Å²) in [5.74, 6) is -0.528. The SMILES string of the molecule is NC(=O)C1=NN(c2ccc(Cl)cc2Cl)C(c2ccc(Br)cc2)C1. The molecule has 1 aliphatic rings. The van der Waals surface area contributed by atoms with Gasteiger partial charge in [0.15, 0.2) is 0 Å². The number of halogens is 3. The molecule has 0 saturated carbocycles. The number of carbonyl (C=O) groups excluding carboxylic acids is 1. The number of anilines is 1. The fourth-order valence-corrected chi connectivity index (χ4v) is 3.25. The van der Waals surface area contributed by atoms with E-state index < -0.39 is 5.91 Å². The molecule has 0 aromatic heterocycles. The molecule has 0 aliphatic carbocycles. The first-order valence-corrected chi connectivity index (χ1v) is 8.37. The van der Waals surface area contributed by atoms with Gasteiger partial charge >= 0.3 is 0 Å². The fourth-order valence-electron chi connectivity index (χ4n) is 2.49. The van der Waals surface area contributed by atoms with Gasteiger partial charge in [0.2, 0.25) is 0 Å². The van der Waals surface area contributed by atoms with E-state index >= 15 is 0 Å². The Labute approximate surface area is 152 Å². The van der Waals surface area contributed by atoms with Crippen LogP contribution in [0, 0.1) is 0 Å². The van der Waals surface area contributed by atoms with E-state index in [1.54, 1.807) is 23.2 Å². The number of rotatable bonds is 3. The topological polar surface area (TPSA) is 58.7 Å². The third-order valence-corrected chi connectivity index (χ3v) is 4.67. The zero-order chi connectivity index (χ0) is 16.6. The molecule has 1 unspecified atom stereocenters. The predicted octanol–water partition coefficient (Wildman–Crippen LogP) is 4.55. The highest BCUT2D eigenvalue weighted by atomic mass is 79.9. The van der Waals surface area contributed by atoms with E-state index in [4.69, 9.17) is 28.9 Å². The van der Waals surface area contributed by atoms with Gasteiger partial charge in [0.25, 0.3) is 5.91 Å². The van der Waals surface area contributed by atoms with Gasteiger partial charge in [-0.15, -0.1) is 0 Å². The molecule has 0 radical (unpaired) electrons. The summed E-state index contributed by atoms with van der Waals surface area (Å²) in [6.45, 7) is 0. The quantitative estimate of drug-likeness (QED) is 0.803. The molecule has 4 nitrogen and oxygen atoms in total. The number of amides is 1. The molecule has 3 rings (SSSR count). The minimum Gasteiger partial charge on any atom is -0.364 e. The van der Waals surface area contributed by atoms with E-state index in [-0.39, 0.29) is 6.04 Å². The van der Waals surface area contributed by atoms with Crippen LogP contribution in [0.3, 0.4) is 0 Å². The Kier molecular flexibility index (Phi) is 4.62. The summed E-state index contributed by atoms with van der Waals surface area (Å²) in [7, 11) is 0. The molecule has 7 heteroatoms. The van der Waals surface area contributed by atoms with E-state index in [1.807, 2.05) is 24.3 Å². The van der Waals surface area contributed by atoms with Crippen molar-refractivity contribution < 1.29 is 4.79 Å². The normalized spacial score (nSPS) is 17.3. The summed E-state index contributed by atoms with van der Waals surface area (Å²) in [5, 5.41) is 7.09. The third-order valence-electron chi connectivity index (χ3n) is 3.61. The van der Waals surface area contributed by atoms with Crippen LogP contribution in [-0.2, 0) is 4.79 Å². The molecule has 118 valence electrons. The summed E-state index contributed by atoms with van der Waals surface area (Å²) in [6.07, 6.45) is 0.427. The first kappa shape index (κ1) is 16.3. The average Bonchev–Trinajstić information content (AvgIpc) is 2.93. The summed E-state index contributed by atoms with van der Waals surface area (Å²) < 4.78 is 0.978. The molecule has 1 aliphatic heterocycles. The number of hydrazone groups is 1. The van der Waals surface area contributed by atoms with Crippen LogP contribution in [0.15, 0.2) is 52.0 Å². The van der Waals surface area contributed by atoms with Crippen molar-refractivity contribution in [2.45, 2.75) is 12.5 Å². The lowest BCUT2D eigenvalue weighted by Gasteiger charge is -2.25. The minimum atomic E-state index is -0.528. The van der Waals surface area contributed by atoms with Gasteiger partial charge in [0.1, 0.15) is 5.71 Å². The van der Waals surface area contributed by atoms with E-state index in [0.717, 1.165) is 10.0 Å². The van der Waals surface area contributed by atoms with Crippen molar-refractivity contribution in [2.75, 3.05) is 5.01 Å². The number of carbonyl (C=O) groups is 1. The van der Waals surface area contributed by atoms with Gasteiger partial charge in [-0.05, 0) is 35.9 Å². The molecule has 1 amide bonds. The molecule has 2 aromatic carbocycles. The van der Waals surface area contributed by atoms with Crippen LogP contribution < -0.4 is 10.7 Å². The van der Waals surface area contributed by atoms with Gasteiger partial charge in [0, 0.05) is 15.9 Å². The minimum absolute atomic E-state index is 0.149. The zero-order valence-corrected chi connectivity index (χ0v) is 14.9. The second-order valence-corrected chi connectivity index (χ2v) is 6.88. The van der Waals surface area contributed by atoms with Crippen molar-refractivity contribution in [3.63, 3.8) is 0 Å². The summed E-state index contributed by atoms with van der Waals surface area (Å²) in [4.78, 5) is 11.6. The molecular weight excluding hydrogens is 401 g/mol. The number of hydrogen-bond donors (Lipinski definition) is 1. The maximum atomic E-state index is 11.6. The van der Waals surface area contributed by atoms with E-state index in [0.29, 0.717) is 27.9 Å². The summed E-state index contributed by atoms with van der Waals surface area (Å²) in [5.41, 5.74) is 7.42. The van der Waals surface area contributed by atoms with Crippen LogP contribution in [0.2, 0.25) is 10.0 Å². The second-order valence-electron chi connectivity index (χ2n) is 5.12. The number of nitrogens with zero attached hydrogens (tertiary/aromatic N) is 2. The molecule has 2 N–H and O–H groups in total. The fraction of sp³-hybridized carbons (Fsp3) is 0.125. The maximum Gasteiger partial charge on any atom is 0.265 e. The first-order valence-electron chi connectivity index (χ1n) is 6.83. The average molecular weight is 413 g/mol. The van der Waals surface area contributed by atoms with Crippen molar-refractivity contribution in [3.8, 4) is 0 Å². The number of primary amides is 1. The Morgan fingerprint density at radius 1 is 1.22 bits per heavy atom. The van der Waals surface area contributed by atoms with Crippen molar-refractivity contribution in [2.24, 2.45) is 10.8 Å². The molecule has 1 atom stereocenters. The van der Waals surface area contributed by atoms with Crippen LogP contribution in [0.4, 0.5) is 5.69 Å². The zero-order valence-electron chi connectivity index (χ0n) is 11.8. The molecule has 0 spiro atoms. The van der Waals surface area contributed by atoms with Crippen LogP contribution in [0.1, 0.15) is 18.0 Å². The van der Waals surface area contributed by atoms with Crippen LogP contribution in [0.5, 0.6) is 0 Å². The Hall–Kier alpha value is -1.56. The lowest BCUT2D eigenvalue weighted by molar-refractivity contribution is -0.112. The maximum absolute atomic E-state index is 11.6. The van der Waals surface area contributed by atoms with Gasteiger partial charge in [-0.25, -0.2) is 0 Å². The molecule has 0 fully saturated rings. The highest BCUT2D eigenvalue weighted by Gasteiger charge is 2.32. The third kappa shape index (κ3) is 3.37. The lowest BCUT2D eigenvalue weighted by atomic mass is 10.0. The number of nitrogens with two attached hydrogens (primary N) is 1. The second kappa shape index (κ2) is 6.51. The van der Waals surface area contributed by atoms with Crippen molar-refractivity contribution in [3.05, 3.63) is 62.5 Å². The Morgan fingerprint density at radius 3 is 2.52 bits per heavy atom. The summed E-state index contributed by atoms with van der Waals surface area (Å²) >= 11 is 15.7. The van der Waals surface area contributed by atoms with Crippen LogP contribution in [0.25, 0.3) is 0 Å². The predicted molar refractivity (Wildman–Crippen MR) is 97.1 cm³/mol. The van der Waals surface area contributed by atoms with E-state index in [1.165, 1.54) is 0 Å². The monoisotopic (exact) mass is 411 g/mol. The van der Waals surface area contributed by atoms with Crippen LogP contribution in [-0.4, -0.2) is 11.6 Å².